The number of nitrogens with zero attached hydrogens (tertiary/aromatic N) is 3. The Bertz CT molecular complexity index is 3540. The van der Waals surface area contributed by atoms with E-state index in [1.165, 1.54) is 41.7 Å². The van der Waals surface area contributed by atoms with Gasteiger partial charge >= 0.3 is 0 Å². The number of aromatic nitrogens is 3. The highest BCUT2D eigenvalue weighted by Crippen LogP contribution is 2.42. The molecule has 0 N–H and O–H groups in total. The Kier molecular flexibility index (Phi) is 6.76. The lowest BCUT2D eigenvalue weighted by atomic mass is 9.93. The molecule has 0 atom stereocenters. The molecule has 0 spiro atoms. The van der Waals surface area contributed by atoms with Gasteiger partial charge in [0.2, 0.25) is 0 Å². The second kappa shape index (κ2) is 12.2. The molecule has 9 aromatic carbocycles. The number of thiophene rings is 1. The highest BCUT2D eigenvalue weighted by atomic mass is 32.1. The molecule has 12 rings (SSSR count). The van der Waals surface area contributed by atoms with E-state index >= 15 is 0 Å². The summed E-state index contributed by atoms with van der Waals surface area (Å²) in [5, 5.41) is 11.7. The molecule has 0 radical (unpaired) electrons. The Morgan fingerprint density at radius 2 is 0.946 bits per heavy atom. The first-order chi connectivity index (χ1) is 27.7. The molecule has 0 saturated carbocycles. The number of furan rings is 1. The van der Waals surface area contributed by atoms with Crippen molar-refractivity contribution in [1.29, 1.82) is 0 Å². The van der Waals surface area contributed by atoms with E-state index in [2.05, 4.69) is 158 Å². The zero-order valence-corrected chi connectivity index (χ0v) is 30.7. The Morgan fingerprint density at radius 1 is 0.339 bits per heavy atom. The average Bonchev–Trinajstić information content (AvgIpc) is 3.85. The smallest absolute Gasteiger partial charge is 0.164 e. The first-order valence-electron chi connectivity index (χ1n) is 18.8. The molecule has 0 bridgehead atoms. The zero-order valence-electron chi connectivity index (χ0n) is 29.9. The van der Waals surface area contributed by atoms with Crippen LogP contribution in [0.15, 0.2) is 180 Å². The van der Waals surface area contributed by atoms with Gasteiger partial charge in [0.1, 0.15) is 11.2 Å². The molecule has 0 amide bonds. The van der Waals surface area contributed by atoms with Crippen LogP contribution < -0.4 is 0 Å². The molecule has 3 heterocycles. The van der Waals surface area contributed by atoms with Gasteiger partial charge in [0, 0.05) is 47.6 Å². The van der Waals surface area contributed by atoms with E-state index in [0.717, 1.165) is 60.5 Å². The van der Waals surface area contributed by atoms with Gasteiger partial charge in [0.25, 0.3) is 0 Å². The fourth-order valence-corrected chi connectivity index (χ4v) is 9.72. The summed E-state index contributed by atoms with van der Waals surface area (Å²) in [5.74, 6) is 1.93. The molecular weight excluding hydrogens is 703 g/mol. The fourth-order valence-electron chi connectivity index (χ4n) is 8.58. The monoisotopic (exact) mass is 731 g/mol. The molecule has 3 aromatic heterocycles. The van der Waals surface area contributed by atoms with Crippen molar-refractivity contribution in [2.45, 2.75) is 0 Å². The lowest BCUT2D eigenvalue weighted by Crippen LogP contribution is -2.01. The van der Waals surface area contributed by atoms with Crippen molar-refractivity contribution in [3.63, 3.8) is 0 Å². The third-order valence-electron chi connectivity index (χ3n) is 11.1. The van der Waals surface area contributed by atoms with Gasteiger partial charge < -0.3 is 4.42 Å². The molecule has 4 nitrogen and oxygen atoms in total. The predicted molar refractivity (Wildman–Crippen MR) is 234 cm³/mol. The van der Waals surface area contributed by atoms with Crippen LogP contribution in [0, 0.1) is 0 Å². The summed E-state index contributed by atoms with van der Waals surface area (Å²) >= 11 is 1.80. The Hall–Kier alpha value is -7.21. The number of hydrogen-bond acceptors (Lipinski definition) is 5. The van der Waals surface area contributed by atoms with Crippen LogP contribution in [0.1, 0.15) is 0 Å². The highest BCUT2D eigenvalue weighted by molar-refractivity contribution is 7.25. The molecule has 0 unspecified atom stereocenters. The van der Waals surface area contributed by atoms with Crippen LogP contribution in [-0.4, -0.2) is 15.0 Å². The van der Waals surface area contributed by atoms with E-state index in [1.54, 1.807) is 11.3 Å². The second-order valence-electron chi connectivity index (χ2n) is 14.3. The molecule has 260 valence electrons. The van der Waals surface area contributed by atoms with Crippen LogP contribution in [0.4, 0.5) is 0 Å². The molecule has 0 aliphatic heterocycles. The molecule has 12 aromatic rings. The van der Waals surface area contributed by atoms with Crippen LogP contribution in [0.25, 0.3) is 120 Å². The number of rotatable bonds is 4. The summed E-state index contributed by atoms with van der Waals surface area (Å²) in [4.78, 5) is 15.9. The van der Waals surface area contributed by atoms with Crippen LogP contribution in [0.3, 0.4) is 0 Å². The second-order valence-corrected chi connectivity index (χ2v) is 15.4. The minimum atomic E-state index is 0.628. The van der Waals surface area contributed by atoms with Crippen LogP contribution in [0.2, 0.25) is 0 Å². The Labute approximate surface area is 325 Å². The van der Waals surface area contributed by atoms with Crippen molar-refractivity contribution in [3.8, 4) is 45.3 Å². The van der Waals surface area contributed by atoms with E-state index in [9.17, 15) is 0 Å². The predicted octanol–water partition coefficient (Wildman–Crippen LogP) is 14.3. The maximum atomic E-state index is 6.22. The SMILES string of the molecule is c1ccc2c(c1)ccc1cc(-c3nc(-c4ccc(-c5cccc6oc7ccccc7c56)cc4)nc(-c4cccc5sc6ccccc6c45)n3)c3ccccc3c12. The standard InChI is InChI=1S/C51H29N3OS/c1-2-12-34-30(11-1)25-28-33-29-41(36-13-3-4-14-37(36)46(33)34)51-53-49(52-50(54-51)40-18-10-22-45-48(40)39-16-6-8-21-44(39)56-45)32-26-23-31(24-27-32)35-17-9-20-43-47(35)38-15-5-7-19-42(38)55-43/h1-29H. The number of hydrogen-bond donors (Lipinski definition) is 0. The average molecular weight is 732 g/mol. The summed E-state index contributed by atoms with van der Waals surface area (Å²) in [6.07, 6.45) is 0. The normalized spacial score (nSPS) is 11.9. The fraction of sp³-hybridized carbons (Fsp3) is 0. The van der Waals surface area contributed by atoms with E-state index in [0.29, 0.717) is 17.5 Å². The third-order valence-corrected chi connectivity index (χ3v) is 12.3. The summed E-state index contributed by atoms with van der Waals surface area (Å²) < 4.78 is 8.67. The number of benzene rings is 9. The summed E-state index contributed by atoms with van der Waals surface area (Å²) in [7, 11) is 0. The quantitative estimate of drug-likeness (QED) is 0.169. The lowest BCUT2D eigenvalue weighted by molar-refractivity contribution is 0.669. The highest BCUT2D eigenvalue weighted by Gasteiger charge is 2.20. The summed E-state index contributed by atoms with van der Waals surface area (Å²) in [6.45, 7) is 0. The van der Waals surface area contributed by atoms with Crippen LogP contribution in [0.5, 0.6) is 0 Å². The third kappa shape index (κ3) is 4.75. The van der Waals surface area contributed by atoms with Crippen molar-refractivity contribution < 1.29 is 4.42 Å². The van der Waals surface area contributed by atoms with Crippen molar-refractivity contribution in [2.75, 3.05) is 0 Å². The maximum Gasteiger partial charge on any atom is 0.164 e. The van der Waals surface area contributed by atoms with Gasteiger partial charge in [-0.2, -0.15) is 0 Å². The maximum absolute atomic E-state index is 6.22. The zero-order chi connectivity index (χ0) is 36.7. The lowest BCUT2D eigenvalue weighted by Gasteiger charge is -2.14. The van der Waals surface area contributed by atoms with Gasteiger partial charge in [0.15, 0.2) is 17.5 Å². The molecule has 56 heavy (non-hydrogen) atoms. The minimum Gasteiger partial charge on any atom is -0.456 e. The van der Waals surface area contributed by atoms with Gasteiger partial charge in [0.05, 0.1) is 0 Å². The molecular formula is C51H29N3OS. The van der Waals surface area contributed by atoms with Gasteiger partial charge in [-0.3, -0.25) is 0 Å². The number of fused-ring (bicyclic) bond motifs is 11. The summed E-state index contributed by atoms with van der Waals surface area (Å²) in [5.41, 5.74) is 6.89. The van der Waals surface area contributed by atoms with Crippen molar-refractivity contribution in [1.82, 2.24) is 15.0 Å². The van der Waals surface area contributed by atoms with Gasteiger partial charge in [-0.05, 0) is 73.8 Å². The number of para-hydroxylation sites is 1. The van der Waals surface area contributed by atoms with Crippen molar-refractivity contribution in [2.24, 2.45) is 0 Å². The van der Waals surface area contributed by atoms with Gasteiger partial charge in [-0.25, -0.2) is 15.0 Å². The van der Waals surface area contributed by atoms with Gasteiger partial charge in [-0.15, -0.1) is 11.3 Å². The van der Waals surface area contributed by atoms with Crippen molar-refractivity contribution in [3.05, 3.63) is 176 Å². The molecule has 0 fully saturated rings. The summed E-state index contributed by atoms with van der Waals surface area (Å²) in [6, 6.07) is 62.1. The van der Waals surface area contributed by atoms with E-state index in [1.807, 2.05) is 18.2 Å². The van der Waals surface area contributed by atoms with E-state index in [4.69, 9.17) is 19.4 Å². The van der Waals surface area contributed by atoms with Crippen LogP contribution >= 0.6 is 11.3 Å². The van der Waals surface area contributed by atoms with Crippen molar-refractivity contribution >= 4 is 85.8 Å². The van der Waals surface area contributed by atoms with E-state index < -0.39 is 0 Å². The minimum absolute atomic E-state index is 0.628. The van der Waals surface area contributed by atoms with E-state index in [-0.39, 0.29) is 0 Å². The Balaban J connectivity index is 1.09. The van der Waals surface area contributed by atoms with Gasteiger partial charge in [-0.1, -0.05) is 146 Å². The molecule has 5 heteroatoms. The molecule has 0 aliphatic rings. The van der Waals surface area contributed by atoms with Crippen LogP contribution in [-0.2, 0) is 0 Å². The molecule has 0 saturated heterocycles. The first kappa shape index (κ1) is 31.2. The largest absolute Gasteiger partial charge is 0.456 e. The topological polar surface area (TPSA) is 51.8 Å². The first-order valence-corrected chi connectivity index (χ1v) is 19.6. The molecule has 0 aliphatic carbocycles. The Morgan fingerprint density at radius 3 is 1.82 bits per heavy atom.